The Morgan fingerprint density at radius 2 is 2.17 bits per heavy atom. The number of furan rings is 1. The molecule has 1 unspecified atom stereocenters. The summed E-state index contributed by atoms with van der Waals surface area (Å²) in [6.07, 6.45) is 3.90. The summed E-state index contributed by atoms with van der Waals surface area (Å²) < 4.78 is 7.31. The van der Waals surface area contributed by atoms with Crippen molar-refractivity contribution in [1.29, 1.82) is 0 Å². The second-order valence-electron chi connectivity index (χ2n) is 5.78. The maximum Gasteiger partial charge on any atom is 0.321 e. The first-order chi connectivity index (χ1) is 11.1. The molecule has 3 heterocycles. The minimum Gasteiger partial charge on any atom is -0.465 e. The zero-order valence-corrected chi connectivity index (χ0v) is 13.5. The molecule has 2 aromatic rings. The fourth-order valence-electron chi connectivity index (χ4n) is 2.83. The van der Waals surface area contributed by atoms with Crippen LogP contribution in [0.25, 0.3) is 0 Å². The summed E-state index contributed by atoms with van der Waals surface area (Å²) in [5.41, 5.74) is 0. The number of nitrogens with one attached hydrogen (secondary N) is 2. The number of aryl methyl sites for hydroxylation is 2. The van der Waals surface area contributed by atoms with Gasteiger partial charge in [0.05, 0.1) is 6.04 Å². The number of carbonyl (C=O) groups is 1. The summed E-state index contributed by atoms with van der Waals surface area (Å²) in [5, 5.41) is 9.53. The number of rotatable bonds is 5. The zero-order valence-electron chi connectivity index (χ0n) is 13.5. The van der Waals surface area contributed by atoms with Gasteiger partial charge in [0.2, 0.25) is 5.95 Å². The van der Waals surface area contributed by atoms with Gasteiger partial charge in [0.1, 0.15) is 17.8 Å². The minimum atomic E-state index is -0.316. The highest BCUT2D eigenvalue weighted by Gasteiger charge is 2.26. The molecule has 1 fully saturated rings. The van der Waals surface area contributed by atoms with E-state index < -0.39 is 0 Å². The summed E-state index contributed by atoms with van der Waals surface area (Å²) in [6.45, 7) is 4.45. The molecule has 3 rings (SSSR count). The molecule has 0 aromatic carbocycles. The second kappa shape index (κ2) is 6.82. The minimum absolute atomic E-state index is 0.0497. The molecule has 1 saturated heterocycles. The van der Waals surface area contributed by atoms with Crippen molar-refractivity contribution in [3.8, 4) is 0 Å². The lowest BCUT2D eigenvalue weighted by Crippen LogP contribution is -2.38. The topological polar surface area (TPSA) is 88.2 Å². The lowest BCUT2D eigenvalue weighted by molar-refractivity contribution is 0.205. The van der Waals surface area contributed by atoms with Gasteiger partial charge in [-0.3, -0.25) is 14.9 Å². The summed E-state index contributed by atoms with van der Waals surface area (Å²) >= 11 is 0. The summed E-state index contributed by atoms with van der Waals surface area (Å²) in [5.74, 6) is 2.06. The van der Waals surface area contributed by atoms with Crippen molar-refractivity contribution in [3.63, 3.8) is 0 Å². The molecule has 2 amide bonds. The van der Waals surface area contributed by atoms with Crippen LogP contribution in [-0.4, -0.2) is 45.3 Å². The van der Waals surface area contributed by atoms with Gasteiger partial charge < -0.3 is 9.73 Å². The van der Waals surface area contributed by atoms with Gasteiger partial charge in [0, 0.05) is 13.6 Å². The highest BCUT2D eigenvalue weighted by atomic mass is 16.3. The van der Waals surface area contributed by atoms with Crippen LogP contribution in [0.1, 0.15) is 30.4 Å². The van der Waals surface area contributed by atoms with Crippen molar-refractivity contribution < 1.29 is 9.21 Å². The van der Waals surface area contributed by atoms with Crippen molar-refractivity contribution >= 4 is 12.0 Å². The van der Waals surface area contributed by atoms with E-state index in [1.165, 1.54) is 23.9 Å². The van der Waals surface area contributed by atoms with E-state index in [9.17, 15) is 4.79 Å². The highest BCUT2D eigenvalue weighted by Crippen LogP contribution is 2.26. The SMILES string of the molecule is Cc1ccc(C(CNC(=O)Nc2ncn(C)n2)N2CCCC2)o1. The molecule has 1 aliphatic heterocycles. The van der Waals surface area contributed by atoms with Gasteiger partial charge in [-0.2, -0.15) is 0 Å². The van der Waals surface area contributed by atoms with Gasteiger partial charge in [-0.1, -0.05) is 0 Å². The Morgan fingerprint density at radius 3 is 2.78 bits per heavy atom. The average molecular weight is 318 g/mol. The number of urea groups is 1. The van der Waals surface area contributed by atoms with Gasteiger partial charge in [-0.15, -0.1) is 5.10 Å². The molecule has 2 aromatic heterocycles. The molecule has 23 heavy (non-hydrogen) atoms. The molecule has 2 N–H and O–H groups in total. The van der Waals surface area contributed by atoms with E-state index in [0.717, 1.165) is 24.6 Å². The van der Waals surface area contributed by atoms with E-state index in [-0.39, 0.29) is 18.0 Å². The first-order valence-corrected chi connectivity index (χ1v) is 7.83. The Bertz CT molecular complexity index is 658. The van der Waals surface area contributed by atoms with E-state index in [2.05, 4.69) is 25.6 Å². The molecule has 0 spiro atoms. The van der Waals surface area contributed by atoms with Gasteiger partial charge in [-0.05, 0) is 45.0 Å². The normalized spacial score (nSPS) is 16.4. The largest absolute Gasteiger partial charge is 0.465 e. The maximum atomic E-state index is 12.0. The molecule has 1 atom stereocenters. The van der Waals surface area contributed by atoms with E-state index in [1.807, 2.05) is 19.1 Å². The third-order valence-electron chi connectivity index (χ3n) is 3.95. The zero-order chi connectivity index (χ0) is 16.2. The Labute approximate surface area is 134 Å². The van der Waals surface area contributed by atoms with Crippen LogP contribution in [0.4, 0.5) is 10.7 Å². The summed E-state index contributed by atoms with van der Waals surface area (Å²) in [4.78, 5) is 18.3. The molecule has 1 aliphatic rings. The first kappa shape index (κ1) is 15.5. The van der Waals surface area contributed by atoms with E-state index in [4.69, 9.17) is 4.42 Å². The van der Waals surface area contributed by atoms with Crippen LogP contribution in [0.3, 0.4) is 0 Å². The Balaban J connectivity index is 1.60. The smallest absolute Gasteiger partial charge is 0.321 e. The number of nitrogens with zero attached hydrogens (tertiary/aromatic N) is 4. The third-order valence-corrected chi connectivity index (χ3v) is 3.95. The molecule has 8 nitrogen and oxygen atoms in total. The van der Waals surface area contributed by atoms with Crippen LogP contribution in [0.2, 0.25) is 0 Å². The van der Waals surface area contributed by atoms with Crippen LogP contribution in [0, 0.1) is 6.92 Å². The van der Waals surface area contributed by atoms with Crippen molar-refractivity contribution in [2.24, 2.45) is 7.05 Å². The van der Waals surface area contributed by atoms with Crippen LogP contribution >= 0.6 is 0 Å². The Morgan fingerprint density at radius 1 is 1.39 bits per heavy atom. The fourth-order valence-corrected chi connectivity index (χ4v) is 2.83. The predicted molar refractivity (Wildman–Crippen MR) is 85.0 cm³/mol. The molecule has 0 saturated carbocycles. The molecule has 0 aliphatic carbocycles. The highest BCUT2D eigenvalue weighted by molar-refractivity contribution is 5.87. The quantitative estimate of drug-likeness (QED) is 0.875. The fraction of sp³-hybridized carbons (Fsp3) is 0.533. The third kappa shape index (κ3) is 3.89. The summed E-state index contributed by atoms with van der Waals surface area (Å²) in [7, 11) is 1.75. The maximum absolute atomic E-state index is 12.0. The number of likely N-dealkylation sites (tertiary alicyclic amines) is 1. The van der Waals surface area contributed by atoms with Crippen molar-refractivity contribution in [3.05, 3.63) is 30.0 Å². The van der Waals surface area contributed by atoms with Gasteiger partial charge in [0.25, 0.3) is 0 Å². The molecule has 0 bridgehead atoms. The molecule has 8 heteroatoms. The predicted octanol–water partition coefficient (Wildman–Crippen LogP) is 1.68. The van der Waals surface area contributed by atoms with Crippen molar-refractivity contribution in [2.75, 3.05) is 25.0 Å². The Kier molecular flexibility index (Phi) is 4.61. The molecular formula is C15H22N6O2. The standard InChI is InChI=1S/C15H22N6O2/c1-11-5-6-13(23-11)12(21-7-3-4-8-21)9-16-15(22)18-14-17-10-20(2)19-14/h5-6,10,12H,3-4,7-9H2,1-2H3,(H2,16,18,19,22). The number of anilines is 1. The lowest BCUT2D eigenvalue weighted by atomic mass is 10.2. The second-order valence-corrected chi connectivity index (χ2v) is 5.78. The number of hydrogen-bond donors (Lipinski definition) is 2. The van der Waals surface area contributed by atoms with Crippen LogP contribution in [0.5, 0.6) is 0 Å². The number of amides is 2. The van der Waals surface area contributed by atoms with E-state index >= 15 is 0 Å². The monoisotopic (exact) mass is 318 g/mol. The van der Waals surface area contributed by atoms with Gasteiger partial charge in [0.15, 0.2) is 0 Å². The van der Waals surface area contributed by atoms with E-state index in [1.54, 1.807) is 7.05 Å². The first-order valence-electron chi connectivity index (χ1n) is 7.83. The van der Waals surface area contributed by atoms with Gasteiger partial charge in [-0.25, -0.2) is 9.78 Å². The van der Waals surface area contributed by atoms with Crippen LogP contribution < -0.4 is 10.6 Å². The molecule has 124 valence electrons. The number of aromatic nitrogens is 3. The van der Waals surface area contributed by atoms with Crippen LogP contribution in [-0.2, 0) is 7.05 Å². The number of carbonyl (C=O) groups excluding carboxylic acids is 1. The van der Waals surface area contributed by atoms with E-state index in [0.29, 0.717) is 6.54 Å². The lowest BCUT2D eigenvalue weighted by Gasteiger charge is -2.25. The molecular weight excluding hydrogens is 296 g/mol. The van der Waals surface area contributed by atoms with Crippen molar-refractivity contribution in [2.45, 2.75) is 25.8 Å². The van der Waals surface area contributed by atoms with Crippen molar-refractivity contribution in [1.82, 2.24) is 25.0 Å². The van der Waals surface area contributed by atoms with Crippen LogP contribution in [0.15, 0.2) is 22.9 Å². The average Bonchev–Trinajstić information content (AvgIpc) is 3.23. The molecule has 0 radical (unpaired) electrons. The number of hydrogen-bond acceptors (Lipinski definition) is 5. The van der Waals surface area contributed by atoms with Gasteiger partial charge >= 0.3 is 6.03 Å². The Hall–Kier alpha value is -2.35. The summed E-state index contributed by atoms with van der Waals surface area (Å²) in [6, 6.07) is 3.67.